The number of H-pyrrole nitrogens is 1. The smallest absolute Gasteiger partial charge is 0.188 e. The lowest BCUT2D eigenvalue weighted by atomic mass is 9.42. The van der Waals surface area contributed by atoms with Crippen molar-refractivity contribution in [2.75, 3.05) is 0 Å². The van der Waals surface area contributed by atoms with E-state index in [9.17, 15) is 5.11 Å². The number of aliphatic hydroxyl groups is 1. The van der Waals surface area contributed by atoms with Gasteiger partial charge >= 0.3 is 0 Å². The third kappa shape index (κ3) is 3.16. The molecule has 6 heterocycles. The maximum absolute atomic E-state index is 13.3. The van der Waals surface area contributed by atoms with Crippen molar-refractivity contribution in [3.05, 3.63) is 46.9 Å². The average Bonchev–Trinajstić information content (AvgIpc) is 3.89. The van der Waals surface area contributed by atoms with Crippen molar-refractivity contribution >= 4 is 10.9 Å². The number of nitrogens with one attached hydrogen (secondary N) is 1. The number of aromatic amines is 1. The van der Waals surface area contributed by atoms with Crippen molar-refractivity contribution in [3.63, 3.8) is 0 Å². The third-order valence-corrected chi connectivity index (χ3v) is 14.1. The molecule has 2 N–H and O–H groups in total. The second-order valence-corrected chi connectivity index (χ2v) is 17.5. The van der Waals surface area contributed by atoms with Crippen LogP contribution in [0.3, 0.4) is 0 Å². The highest BCUT2D eigenvalue weighted by Crippen LogP contribution is 2.75. The van der Waals surface area contributed by atoms with E-state index in [1.165, 1.54) is 27.7 Å². The SMILES string of the molecule is CC1(C)OC1Cc1ccc2c3c([nH]c2c1)C1(C)C(CCC2(O)C45OC4C4OC(C6OC6(C)C)OC(C)(C)C4OC5=CCC12C)C3. The molecule has 1 aromatic heterocycles. The summed E-state index contributed by atoms with van der Waals surface area (Å²) in [5.74, 6) is 1.20. The Hall–Kier alpha value is -1.94. The van der Waals surface area contributed by atoms with Crippen molar-refractivity contribution < 1.29 is 33.5 Å². The van der Waals surface area contributed by atoms with Crippen LogP contribution in [0.2, 0.25) is 0 Å². The zero-order valence-corrected chi connectivity index (χ0v) is 27.8. The van der Waals surface area contributed by atoms with E-state index in [-0.39, 0.29) is 47.1 Å². The highest BCUT2D eigenvalue weighted by atomic mass is 16.8. The molecule has 8 nitrogen and oxygen atoms in total. The first kappa shape index (κ1) is 28.1. The highest BCUT2D eigenvalue weighted by Gasteiger charge is 2.86. The summed E-state index contributed by atoms with van der Waals surface area (Å²) in [5.41, 5.74) is 1.48. The Morgan fingerprint density at radius 3 is 2.33 bits per heavy atom. The number of hydrogen-bond acceptors (Lipinski definition) is 7. The summed E-state index contributed by atoms with van der Waals surface area (Å²) >= 11 is 0. The number of rotatable bonds is 3. The van der Waals surface area contributed by atoms with Crippen molar-refractivity contribution in [1.82, 2.24) is 4.98 Å². The Bertz CT molecular complexity index is 1710. The van der Waals surface area contributed by atoms with Crippen LogP contribution in [0, 0.1) is 11.3 Å². The van der Waals surface area contributed by atoms with Gasteiger partial charge in [0.1, 0.15) is 35.3 Å². The first-order chi connectivity index (χ1) is 21.1. The predicted molar refractivity (Wildman–Crippen MR) is 166 cm³/mol. The summed E-state index contributed by atoms with van der Waals surface area (Å²) in [5, 5.41) is 14.6. The van der Waals surface area contributed by atoms with E-state index in [0.717, 1.165) is 25.0 Å². The van der Waals surface area contributed by atoms with Gasteiger partial charge in [0.05, 0.1) is 17.3 Å². The summed E-state index contributed by atoms with van der Waals surface area (Å²) in [4.78, 5) is 3.93. The minimum atomic E-state index is -1.12. The molecule has 0 radical (unpaired) electrons. The van der Waals surface area contributed by atoms with Gasteiger partial charge in [-0.2, -0.15) is 0 Å². The molecule has 1 aromatic carbocycles. The minimum Gasteiger partial charge on any atom is -0.486 e. The molecular weight excluding hydrogens is 570 g/mol. The van der Waals surface area contributed by atoms with Gasteiger partial charge in [-0.25, -0.2) is 0 Å². The van der Waals surface area contributed by atoms with Crippen LogP contribution in [0.5, 0.6) is 0 Å². The Kier molecular flexibility index (Phi) is 4.90. The van der Waals surface area contributed by atoms with Gasteiger partial charge in [-0.3, -0.25) is 0 Å². The maximum Gasteiger partial charge on any atom is 0.188 e. The molecule has 242 valence electrons. The highest BCUT2D eigenvalue weighted by molar-refractivity contribution is 5.87. The lowest BCUT2D eigenvalue weighted by molar-refractivity contribution is -0.332. The van der Waals surface area contributed by atoms with Gasteiger partial charge in [0.2, 0.25) is 0 Å². The van der Waals surface area contributed by atoms with Crippen LogP contribution < -0.4 is 0 Å². The predicted octanol–water partition coefficient (Wildman–Crippen LogP) is 5.37. The van der Waals surface area contributed by atoms with Crippen molar-refractivity contribution in [2.24, 2.45) is 11.3 Å². The number of ether oxygens (including phenoxy) is 6. The van der Waals surface area contributed by atoms with E-state index in [1.54, 1.807) is 0 Å². The lowest BCUT2D eigenvalue weighted by Gasteiger charge is -2.64. The van der Waals surface area contributed by atoms with E-state index in [0.29, 0.717) is 18.8 Å². The van der Waals surface area contributed by atoms with E-state index in [4.69, 9.17) is 28.4 Å². The molecule has 6 fully saturated rings. The van der Waals surface area contributed by atoms with Crippen LogP contribution in [0.15, 0.2) is 30.0 Å². The molecule has 5 aliphatic heterocycles. The minimum absolute atomic E-state index is 0.0265. The fourth-order valence-corrected chi connectivity index (χ4v) is 10.9. The normalized spacial score (nSPS) is 50.2. The summed E-state index contributed by atoms with van der Waals surface area (Å²) < 4.78 is 38.6. The second-order valence-electron chi connectivity index (χ2n) is 17.5. The monoisotopic (exact) mass is 617 g/mol. The zero-order valence-electron chi connectivity index (χ0n) is 27.8. The number of hydrogen-bond donors (Lipinski definition) is 2. The maximum atomic E-state index is 13.3. The van der Waals surface area contributed by atoms with Crippen molar-refractivity contribution in [3.8, 4) is 0 Å². The van der Waals surface area contributed by atoms with Crippen molar-refractivity contribution in [2.45, 2.75) is 158 Å². The van der Waals surface area contributed by atoms with Crippen LogP contribution in [0.4, 0.5) is 0 Å². The number of epoxide rings is 3. The molecule has 8 heteroatoms. The topological polar surface area (TPSA) is 101 Å². The molecule has 5 saturated heterocycles. The molecule has 3 aliphatic carbocycles. The largest absolute Gasteiger partial charge is 0.486 e. The zero-order chi connectivity index (χ0) is 31.3. The Morgan fingerprint density at radius 1 is 0.889 bits per heavy atom. The van der Waals surface area contributed by atoms with E-state index >= 15 is 0 Å². The number of allylic oxidation sites excluding steroid dienone is 1. The molecule has 45 heavy (non-hydrogen) atoms. The Morgan fingerprint density at radius 2 is 1.62 bits per heavy atom. The van der Waals surface area contributed by atoms with Gasteiger partial charge in [0.25, 0.3) is 0 Å². The second kappa shape index (κ2) is 7.85. The quantitative estimate of drug-likeness (QED) is 0.447. The molecule has 1 spiro atoms. The molecular formula is C37H47NO7. The van der Waals surface area contributed by atoms with E-state index in [1.807, 2.05) is 0 Å². The number of aromatic nitrogens is 1. The summed E-state index contributed by atoms with van der Waals surface area (Å²) in [7, 11) is 0. The summed E-state index contributed by atoms with van der Waals surface area (Å²) in [6.45, 7) is 17.3. The molecule has 0 amide bonds. The third-order valence-electron chi connectivity index (χ3n) is 14.1. The van der Waals surface area contributed by atoms with Crippen LogP contribution in [-0.2, 0) is 46.7 Å². The Labute approximate surface area is 265 Å². The average molecular weight is 618 g/mol. The molecule has 11 atom stereocenters. The van der Waals surface area contributed by atoms with Crippen LogP contribution >= 0.6 is 0 Å². The standard InChI is InChI=1S/C37H47NO7/c1-31(2)24(42-31)16-18-9-10-20-21-17-19-11-14-36(39)34(7,35(19,8)26(21)38-22(20)15-18)13-12-23-37(36)28(44-37)25-27(40-23)32(3,4)45-30(41-25)29-33(5,6)43-29/h9-10,12,15,19,24-25,27-30,38-39H,11,13-14,16-17H2,1-8H3. The fraction of sp³-hybridized carbons (Fsp3) is 0.730. The molecule has 8 aliphatic rings. The Balaban J connectivity index is 1.03. The molecule has 10 rings (SSSR count). The first-order valence-corrected chi connectivity index (χ1v) is 17.2. The van der Waals surface area contributed by atoms with Crippen LogP contribution in [0.1, 0.15) is 91.5 Å². The lowest BCUT2D eigenvalue weighted by Crippen LogP contribution is -2.74. The van der Waals surface area contributed by atoms with Gasteiger partial charge < -0.3 is 38.5 Å². The number of fused-ring (bicyclic) bond motifs is 9. The molecule has 11 unspecified atom stereocenters. The first-order valence-electron chi connectivity index (χ1n) is 17.2. The van der Waals surface area contributed by atoms with Crippen LogP contribution in [0.25, 0.3) is 10.9 Å². The van der Waals surface area contributed by atoms with E-state index < -0.39 is 28.5 Å². The summed E-state index contributed by atoms with van der Waals surface area (Å²) in [6, 6.07) is 6.90. The molecule has 0 bridgehead atoms. The molecule has 1 saturated carbocycles. The van der Waals surface area contributed by atoms with Gasteiger partial charge in [-0.15, -0.1) is 0 Å². The van der Waals surface area contributed by atoms with Gasteiger partial charge in [-0.1, -0.05) is 26.0 Å². The molecule has 2 aromatic rings. The fourth-order valence-electron chi connectivity index (χ4n) is 10.9. The van der Waals surface area contributed by atoms with Gasteiger partial charge in [0.15, 0.2) is 18.0 Å². The summed E-state index contributed by atoms with van der Waals surface area (Å²) in [6.07, 6.45) is 5.12. The number of benzene rings is 1. The van der Waals surface area contributed by atoms with Gasteiger partial charge in [0, 0.05) is 33.8 Å². The van der Waals surface area contributed by atoms with Crippen LogP contribution in [-0.4, -0.2) is 74.9 Å². The van der Waals surface area contributed by atoms with Gasteiger partial charge in [-0.05, 0) is 96.4 Å². The van der Waals surface area contributed by atoms with Crippen molar-refractivity contribution in [1.29, 1.82) is 0 Å². The van der Waals surface area contributed by atoms with E-state index in [2.05, 4.69) is 84.6 Å².